The molecular formula is C25H28Cl2N4O3. The monoisotopic (exact) mass is 502 g/mol. The summed E-state index contributed by atoms with van der Waals surface area (Å²) in [6.45, 7) is 3.88. The van der Waals surface area contributed by atoms with E-state index in [0.29, 0.717) is 45.4 Å². The number of fused-ring (bicyclic) bond motifs is 1. The number of amides is 2. The minimum atomic E-state index is -0.789. The van der Waals surface area contributed by atoms with Gasteiger partial charge in [-0.15, -0.1) is 0 Å². The predicted molar refractivity (Wildman–Crippen MR) is 131 cm³/mol. The van der Waals surface area contributed by atoms with Crippen LogP contribution >= 0.6 is 23.2 Å². The second-order valence-electron chi connectivity index (χ2n) is 10.2. The third kappa shape index (κ3) is 5.73. The molecule has 0 bridgehead atoms. The van der Waals surface area contributed by atoms with E-state index in [-0.39, 0.29) is 41.9 Å². The summed E-state index contributed by atoms with van der Waals surface area (Å²) in [5.41, 5.74) is 0.708. The Morgan fingerprint density at radius 2 is 1.97 bits per heavy atom. The molecule has 2 amide bonds. The summed E-state index contributed by atoms with van der Waals surface area (Å²) >= 11 is 12.3. The van der Waals surface area contributed by atoms with Gasteiger partial charge in [-0.1, -0.05) is 36.0 Å². The number of Topliss-reactive ketones (excluding diaryl/α,β-unsaturated/α-hetero) is 1. The van der Waals surface area contributed by atoms with Crippen molar-refractivity contribution in [3.8, 4) is 6.07 Å². The zero-order valence-electron chi connectivity index (χ0n) is 19.2. The largest absolute Gasteiger partial charge is 0.352 e. The fourth-order valence-electron chi connectivity index (χ4n) is 4.79. The maximum absolute atomic E-state index is 13.1. The van der Waals surface area contributed by atoms with Crippen molar-refractivity contribution in [3.63, 3.8) is 0 Å². The lowest BCUT2D eigenvalue weighted by Gasteiger charge is -2.20. The van der Waals surface area contributed by atoms with Crippen LogP contribution in [0.1, 0.15) is 62.9 Å². The third-order valence-electron chi connectivity index (χ3n) is 6.65. The van der Waals surface area contributed by atoms with E-state index in [2.05, 4.69) is 21.7 Å². The molecule has 34 heavy (non-hydrogen) atoms. The van der Waals surface area contributed by atoms with Crippen molar-refractivity contribution in [2.45, 2.75) is 64.0 Å². The molecule has 4 rings (SSSR count). The average Bonchev–Trinajstić information content (AvgIpc) is 3.39. The lowest BCUT2D eigenvalue weighted by Crippen LogP contribution is -2.40. The van der Waals surface area contributed by atoms with E-state index >= 15 is 0 Å². The van der Waals surface area contributed by atoms with Crippen LogP contribution in [-0.2, 0) is 9.59 Å². The summed E-state index contributed by atoms with van der Waals surface area (Å²) in [6.07, 6.45) is 3.56. The summed E-state index contributed by atoms with van der Waals surface area (Å²) in [5, 5.41) is 16.9. The van der Waals surface area contributed by atoms with Crippen LogP contribution in [0.2, 0.25) is 10.0 Å². The number of benzene rings is 1. The number of carbonyl (C=O) groups is 3. The fourth-order valence-corrected chi connectivity index (χ4v) is 5.33. The topological polar surface area (TPSA) is 115 Å². The van der Waals surface area contributed by atoms with Crippen LogP contribution in [0.4, 0.5) is 0 Å². The summed E-state index contributed by atoms with van der Waals surface area (Å²) in [7, 11) is 0. The Kier molecular flexibility index (Phi) is 6.93. The van der Waals surface area contributed by atoms with Crippen LogP contribution < -0.4 is 10.6 Å². The van der Waals surface area contributed by atoms with E-state index < -0.39 is 12.0 Å². The first-order chi connectivity index (χ1) is 16.0. The maximum Gasteiger partial charge on any atom is 0.224 e. The molecule has 1 aliphatic heterocycles. The molecular weight excluding hydrogens is 475 g/mol. The molecule has 1 aromatic carbocycles. The number of hydrogen-bond donors (Lipinski definition) is 3. The zero-order chi connectivity index (χ0) is 24.6. The Morgan fingerprint density at radius 3 is 2.59 bits per heavy atom. The number of nitrogens with one attached hydrogen (secondary N) is 3. The van der Waals surface area contributed by atoms with Crippen LogP contribution in [0.3, 0.4) is 0 Å². The predicted octanol–water partition coefficient (Wildman–Crippen LogP) is 4.78. The molecule has 0 radical (unpaired) electrons. The van der Waals surface area contributed by atoms with Gasteiger partial charge in [-0.2, -0.15) is 5.26 Å². The van der Waals surface area contributed by atoms with Gasteiger partial charge in [-0.25, -0.2) is 0 Å². The van der Waals surface area contributed by atoms with Crippen molar-refractivity contribution in [1.82, 2.24) is 15.6 Å². The molecule has 180 valence electrons. The zero-order valence-corrected chi connectivity index (χ0v) is 20.7. The van der Waals surface area contributed by atoms with Crippen molar-refractivity contribution in [2.75, 3.05) is 0 Å². The summed E-state index contributed by atoms with van der Waals surface area (Å²) in [5.74, 6) is -1.07. The SMILES string of the molecule is CC1(C)C[C@@H](C[C@@H](C#N)NC(=O)[C@@H](CC(=O)c2cc3c(Cl)cc(Cl)cc3[nH]2)CC2CC2)C(=O)N1. The standard InChI is InChI=1S/C25H28Cl2N4O3/c1-25(2)11-15(24(34)31-25)6-17(12-28)29-23(33)14(5-13-3-4-13)7-22(32)21-10-18-19(27)8-16(26)9-20(18)30-21/h8-10,13-15,17,30H,3-7,11H2,1-2H3,(H,29,33)(H,31,34)/t14-,15-,17+/m1/s1. The van der Waals surface area contributed by atoms with Gasteiger partial charge in [0, 0.05) is 39.7 Å². The molecule has 2 aromatic rings. The van der Waals surface area contributed by atoms with Gasteiger partial charge in [0.25, 0.3) is 0 Å². The summed E-state index contributed by atoms with van der Waals surface area (Å²) < 4.78 is 0. The van der Waals surface area contributed by atoms with Gasteiger partial charge in [0.2, 0.25) is 11.8 Å². The van der Waals surface area contributed by atoms with Crippen LogP contribution in [-0.4, -0.2) is 34.2 Å². The van der Waals surface area contributed by atoms with Gasteiger partial charge in [0.05, 0.1) is 16.8 Å². The highest BCUT2D eigenvalue weighted by Crippen LogP contribution is 2.37. The van der Waals surface area contributed by atoms with Gasteiger partial charge in [-0.3, -0.25) is 14.4 Å². The third-order valence-corrected chi connectivity index (χ3v) is 7.18. The van der Waals surface area contributed by atoms with Crippen molar-refractivity contribution in [3.05, 3.63) is 33.9 Å². The average molecular weight is 503 g/mol. The number of H-pyrrole nitrogens is 1. The normalized spacial score (nSPS) is 21.0. The number of nitrogens with zero attached hydrogens (tertiary/aromatic N) is 1. The van der Waals surface area contributed by atoms with E-state index in [1.807, 2.05) is 13.8 Å². The quantitative estimate of drug-likeness (QED) is 0.428. The molecule has 1 saturated carbocycles. The number of rotatable bonds is 9. The second kappa shape index (κ2) is 9.59. The van der Waals surface area contributed by atoms with E-state index in [1.54, 1.807) is 18.2 Å². The van der Waals surface area contributed by atoms with E-state index in [9.17, 15) is 19.6 Å². The highest BCUT2D eigenvalue weighted by atomic mass is 35.5. The molecule has 2 fully saturated rings. The van der Waals surface area contributed by atoms with E-state index in [0.717, 1.165) is 12.8 Å². The molecule has 3 atom stereocenters. The Balaban J connectivity index is 1.44. The number of aromatic amines is 1. The van der Waals surface area contributed by atoms with Crippen molar-refractivity contribution >= 4 is 51.7 Å². The molecule has 3 N–H and O–H groups in total. The van der Waals surface area contributed by atoms with Gasteiger partial charge in [0.1, 0.15) is 6.04 Å². The molecule has 2 heterocycles. The first-order valence-corrected chi connectivity index (χ1v) is 12.3. The number of carbonyl (C=O) groups excluding carboxylic acids is 3. The first-order valence-electron chi connectivity index (χ1n) is 11.6. The lowest BCUT2D eigenvalue weighted by atomic mass is 9.90. The number of ketones is 1. The number of aromatic nitrogens is 1. The van der Waals surface area contributed by atoms with Crippen molar-refractivity contribution in [2.24, 2.45) is 17.8 Å². The molecule has 7 nitrogen and oxygen atoms in total. The molecule has 1 aliphatic carbocycles. The molecule has 9 heteroatoms. The smallest absolute Gasteiger partial charge is 0.224 e. The minimum Gasteiger partial charge on any atom is -0.352 e. The van der Waals surface area contributed by atoms with Crippen LogP contribution in [0.5, 0.6) is 0 Å². The van der Waals surface area contributed by atoms with Gasteiger partial charge in [-0.05, 0) is 57.2 Å². The molecule has 2 aliphatic rings. The minimum absolute atomic E-state index is 0.0234. The Hall–Kier alpha value is -2.56. The van der Waals surface area contributed by atoms with E-state index in [4.69, 9.17) is 23.2 Å². The van der Waals surface area contributed by atoms with E-state index in [1.165, 1.54) is 0 Å². The summed E-state index contributed by atoms with van der Waals surface area (Å²) in [6, 6.07) is 6.32. The maximum atomic E-state index is 13.1. The Labute approximate surface area is 208 Å². The van der Waals surface area contributed by atoms with Gasteiger partial charge in [0.15, 0.2) is 5.78 Å². The highest BCUT2D eigenvalue weighted by molar-refractivity contribution is 6.38. The highest BCUT2D eigenvalue weighted by Gasteiger charge is 2.39. The molecule has 0 unspecified atom stereocenters. The summed E-state index contributed by atoms with van der Waals surface area (Å²) in [4.78, 5) is 41.5. The van der Waals surface area contributed by atoms with Crippen molar-refractivity contribution < 1.29 is 14.4 Å². The lowest BCUT2D eigenvalue weighted by molar-refractivity contribution is -0.127. The Morgan fingerprint density at radius 1 is 1.24 bits per heavy atom. The number of hydrogen-bond acceptors (Lipinski definition) is 4. The van der Waals surface area contributed by atoms with Crippen LogP contribution in [0.25, 0.3) is 10.9 Å². The van der Waals surface area contributed by atoms with Gasteiger partial charge >= 0.3 is 0 Å². The van der Waals surface area contributed by atoms with Gasteiger partial charge < -0.3 is 15.6 Å². The fraction of sp³-hybridized carbons (Fsp3) is 0.520. The molecule has 0 spiro atoms. The number of nitriles is 1. The number of halogens is 2. The van der Waals surface area contributed by atoms with Crippen molar-refractivity contribution in [1.29, 1.82) is 5.26 Å². The second-order valence-corrected chi connectivity index (χ2v) is 11.1. The molecule has 1 aromatic heterocycles. The first kappa shape index (κ1) is 24.6. The molecule has 1 saturated heterocycles. The van der Waals surface area contributed by atoms with Crippen LogP contribution in [0, 0.1) is 29.1 Å². The Bertz CT molecular complexity index is 1180. The van der Waals surface area contributed by atoms with Crippen LogP contribution in [0.15, 0.2) is 18.2 Å².